The first-order chi connectivity index (χ1) is 11.2. The first kappa shape index (κ1) is 15.2. The number of nitrogens with zero attached hydrogens (tertiary/aromatic N) is 5. The number of piperidine rings is 1. The fourth-order valence-corrected chi connectivity index (χ4v) is 3.05. The molecule has 118 valence electrons. The van der Waals surface area contributed by atoms with Crippen LogP contribution in [0.4, 0.5) is 15.9 Å². The molecule has 0 unspecified atom stereocenters. The van der Waals surface area contributed by atoms with Gasteiger partial charge in [0.15, 0.2) is 0 Å². The maximum absolute atomic E-state index is 13.3. The monoisotopic (exact) mass is 311 g/mol. The molecule has 0 aliphatic carbocycles. The topological polar surface area (TPSA) is 56.1 Å². The molecule has 0 saturated carbocycles. The van der Waals surface area contributed by atoms with Crippen LogP contribution in [-0.4, -0.2) is 36.1 Å². The van der Waals surface area contributed by atoms with E-state index in [-0.39, 0.29) is 5.82 Å². The third-order valence-corrected chi connectivity index (χ3v) is 4.36. The van der Waals surface area contributed by atoms with Crippen molar-refractivity contribution in [2.24, 2.45) is 0 Å². The SMILES string of the molecule is CN(c1ccncn1)C1CCN(c2ccc(F)cc2C#N)CC1. The van der Waals surface area contributed by atoms with Crippen molar-refractivity contribution < 1.29 is 4.39 Å². The van der Waals surface area contributed by atoms with Gasteiger partial charge in [-0.25, -0.2) is 14.4 Å². The highest BCUT2D eigenvalue weighted by Gasteiger charge is 2.24. The summed E-state index contributed by atoms with van der Waals surface area (Å²) in [4.78, 5) is 12.6. The molecule has 0 amide bonds. The van der Waals surface area contributed by atoms with Crippen molar-refractivity contribution >= 4 is 11.5 Å². The molecule has 0 bridgehead atoms. The number of rotatable bonds is 3. The van der Waals surface area contributed by atoms with Crippen LogP contribution in [0.2, 0.25) is 0 Å². The number of anilines is 2. The molecular formula is C17H18FN5. The van der Waals surface area contributed by atoms with Crippen LogP contribution >= 0.6 is 0 Å². The van der Waals surface area contributed by atoms with Crippen molar-refractivity contribution in [1.82, 2.24) is 9.97 Å². The van der Waals surface area contributed by atoms with Gasteiger partial charge in [-0.2, -0.15) is 5.26 Å². The Kier molecular flexibility index (Phi) is 4.38. The second-order valence-corrected chi connectivity index (χ2v) is 5.67. The molecule has 1 fully saturated rings. The van der Waals surface area contributed by atoms with Gasteiger partial charge in [-0.3, -0.25) is 0 Å². The average molecular weight is 311 g/mol. The van der Waals surface area contributed by atoms with Crippen molar-refractivity contribution in [1.29, 1.82) is 5.26 Å². The second kappa shape index (κ2) is 6.61. The molecule has 23 heavy (non-hydrogen) atoms. The summed E-state index contributed by atoms with van der Waals surface area (Å²) < 4.78 is 13.3. The third-order valence-electron chi connectivity index (χ3n) is 4.36. The Hall–Kier alpha value is -2.68. The van der Waals surface area contributed by atoms with Crippen molar-refractivity contribution in [2.75, 3.05) is 29.9 Å². The maximum atomic E-state index is 13.3. The van der Waals surface area contributed by atoms with Gasteiger partial charge < -0.3 is 9.80 Å². The van der Waals surface area contributed by atoms with Gasteiger partial charge in [0.25, 0.3) is 0 Å². The van der Waals surface area contributed by atoms with Crippen molar-refractivity contribution in [3.05, 3.63) is 48.2 Å². The van der Waals surface area contributed by atoms with Gasteiger partial charge in [-0.05, 0) is 37.1 Å². The van der Waals surface area contributed by atoms with Crippen LogP contribution < -0.4 is 9.80 Å². The second-order valence-electron chi connectivity index (χ2n) is 5.67. The number of hydrogen-bond donors (Lipinski definition) is 0. The van der Waals surface area contributed by atoms with E-state index in [0.29, 0.717) is 11.6 Å². The molecule has 1 aromatic heterocycles. The molecule has 6 heteroatoms. The summed E-state index contributed by atoms with van der Waals surface area (Å²) in [6.07, 6.45) is 5.22. The highest BCUT2D eigenvalue weighted by atomic mass is 19.1. The largest absolute Gasteiger partial charge is 0.370 e. The molecule has 0 radical (unpaired) electrons. The molecule has 2 aromatic rings. The lowest BCUT2D eigenvalue weighted by Gasteiger charge is -2.38. The molecule has 1 aliphatic rings. The first-order valence-corrected chi connectivity index (χ1v) is 7.62. The number of benzene rings is 1. The van der Waals surface area contributed by atoms with Crippen LogP contribution in [0.3, 0.4) is 0 Å². The standard InChI is InChI=1S/C17H18FN5/c1-22(17-4-7-20-12-21-17)15-5-8-23(9-6-15)16-3-2-14(18)10-13(16)11-19/h2-4,7,10,12,15H,5-6,8-9H2,1H3. The van der Waals surface area contributed by atoms with Gasteiger partial charge in [-0.15, -0.1) is 0 Å². The van der Waals surface area contributed by atoms with Crippen LogP contribution in [0, 0.1) is 17.1 Å². The van der Waals surface area contributed by atoms with E-state index in [1.165, 1.54) is 12.1 Å². The lowest BCUT2D eigenvalue weighted by molar-refractivity contribution is 0.479. The molecule has 0 N–H and O–H groups in total. The summed E-state index contributed by atoms with van der Waals surface area (Å²) >= 11 is 0. The predicted molar refractivity (Wildman–Crippen MR) is 86.8 cm³/mol. The molecule has 2 heterocycles. The van der Waals surface area contributed by atoms with Crippen molar-refractivity contribution in [3.63, 3.8) is 0 Å². The van der Waals surface area contributed by atoms with E-state index in [9.17, 15) is 9.65 Å². The smallest absolute Gasteiger partial charge is 0.131 e. The minimum Gasteiger partial charge on any atom is -0.370 e. The van der Waals surface area contributed by atoms with Crippen LogP contribution in [0.5, 0.6) is 0 Å². The van der Waals surface area contributed by atoms with Gasteiger partial charge in [0.2, 0.25) is 0 Å². The molecule has 1 aromatic carbocycles. The van der Waals surface area contributed by atoms with Crippen molar-refractivity contribution in [3.8, 4) is 6.07 Å². The quantitative estimate of drug-likeness (QED) is 0.872. The van der Waals surface area contributed by atoms with Crippen LogP contribution in [0.25, 0.3) is 0 Å². The molecule has 0 spiro atoms. The Morgan fingerprint density at radius 1 is 1.30 bits per heavy atom. The van der Waals surface area contributed by atoms with Gasteiger partial charge >= 0.3 is 0 Å². The van der Waals surface area contributed by atoms with Crippen LogP contribution in [0.15, 0.2) is 36.8 Å². The highest BCUT2D eigenvalue weighted by molar-refractivity contribution is 5.59. The number of hydrogen-bond acceptors (Lipinski definition) is 5. The fraction of sp³-hybridized carbons (Fsp3) is 0.353. The van der Waals surface area contributed by atoms with Gasteiger partial charge in [0, 0.05) is 32.4 Å². The van der Waals surface area contributed by atoms with E-state index >= 15 is 0 Å². The van der Waals surface area contributed by atoms with E-state index in [2.05, 4.69) is 25.8 Å². The van der Waals surface area contributed by atoms with E-state index in [1.54, 1.807) is 18.6 Å². The van der Waals surface area contributed by atoms with E-state index in [1.807, 2.05) is 13.1 Å². The van der Waals surface area contributed by atoms with Gasteiger partial charge in [0.05, 0.1) is 11.3 Å². The molecular weight excluding hydrogens is 293 g/mol. The summed E-state index contributed by atoms with van der Waals surface area (Å²) in [7, 11) is 2.04. The Balaban J connectivity index is 1.68. The van der Waals surface area contributed by atoms with E-state index < -0.39 is 0 Å². The number of nitriles is 1. The lowest BCUT2D eigenvalue weighted by Crippen LogP contribution is -2.44. The van der Waals surface area contributed by atoms with Crippen molar-refractivity contribution in [2.45, 2.75) is 18.9 Å². The summed E-state index contributed by atoms with van der Waals surface area (Å²) in [5.74, 6) is 0.543. The predicted octanol–water partition coefficient (Wildman–Crippen LogP) is 2.59. The van der Waals surface area contributed by atoms with Gasteiger partial charge in [-0.1, -0.05) is 0 Å². The minimum absolute atomic E-state index is 0.372. The normalized spacial score (nSPS) is 15.3. The molecule has 1 saturated heterocycles. The zero-order valence-corrected chi connectivity index (χ0v) is 13.0. The lowest BCUT2D eigenvalue weighted by atomic mass is 10.0. The maximum Gasteiger partial charge on any atom is 0.131 e. The Morgan fingerprint density at radius 3 is 2.74 bits per heavy atom. The molecule has 0 atom stereocenters. The summed E-state index contributed by atoms with van der Waals surface area (Å²) in [5.41, 5.74) is 1.21. The molecule has 5 nitrogen and oxygen atoms in total. The summed E-state index contributed by atoms with van der Waals surface area (Å²) in [5, 5.41) is 9.20. The van der Waals surface area contributed by atoms with Crippen LogP contribution in [0.1, 0.15) is 18.4 Å². The van der Waals surface area contributed by atoms with E-state index in [4.69, 9.17) is 0 Å². The summed E-state index contributed by atoms with van der Waals surface area (Å²) in [6, 6.07) is 8.79. The third kappa shape index (κ3) is 3.24. The highest BCUT2D eigenvalue weighted by Crippen LogP contribution is 2.27. The average Bonchev–Trinajstić information content (AvgIpc) is 2.62. The number of halogens is 1. The first-order valence-electron chi connectivity index (χ1n) is 7.62. The number of aromatic nitrogens is 2. The Morgan fingerprint density at radius 2 is 2.09 bits per heavy atom. The Bertz CT molecular complexity index is 705. The molecule has 1 aliphatic heterocycles. The van der Waals surface area contributed by atoms with Crippen LogP contribution in [-0.2, 0) is 0 Å². The summed E-state index contributed by atoms with van der Waals surface area (Å²) in [6.45, 7) is 1.67. The zero-order valence-electron chi connectivity index (χ0n) is 13.0. The fourth-order valence-electron chi connectivity index (χ4n) is 3.05. The Labute approximate surface area is 135 Å². The van der Waals surface area contributed by atoms with Gasteiger partial charge in [0.1, 0.15) is 24.0 Å². The molecule has 3 rings (SSSR count). The minimum atomic E-state index is -0.372. The van der Waals surface area contributed by atoms with E-state index in [0.717, 1.165) is 37.4 Å². The zero-order chi connectivity index (χ0) is 16.2.